The van der Waals surface area contributed by atoms with Crippen LogP contribution in [0.1, 0.15) is 36.2 Å². The van der Waals surface area contributed by atoms with Crippen LogP contribution in [0, 0.1) is 0 Å². The van der Waals surface area contributed by atoms with Crippen molar-refractivity contribution < 1.29 is 14.3 Å². The number of anilines is 2. The molecule has 1 aliphatic carbocycles. The van der Waals surface area contributed by atoms with Crippen LogP contribution in [0.4, 0.5) is 11.6 Å². The van der Waals surface area contributed by atoms with Gasteiger partial charge in [0.25, 0.3) is 0 Å². The van der Waals surface area contributed by atoms with Crippen LogP contribution in [-0.4, -0.2) is 64.7 Å². The third-order valence-electron chi connectivity index (χ3n) is 5.98. The molecular weight excluding hydrogens is 408 g/mol. The molecule has 0 atom stereocenters. The Kier molecular flexibility index (Phi) is 6.06. The van der Waals surface area contributed by atoms with Crippen molar-refractivity contribution in [2.45, 2.75) is 37.8 Å². The van der Waals surface area contributed by atoms with Gasteiger partial charge in [-0.25, -0.2) is 15.0 Å². The minimum Gasteiger partial charge on any atom is -0.488 e. The normalized spacial score (nSPS) is 21.3. The fourth-order valence-corrected chi connectivity index (χ4v) is 4.29. The monoisotopic (exact) mass is 434 g/mol. The molecule has 5 rings (SSSR count). The summed E-state index contributed by atoms with van der Waals surface area (Å²) >= 11 is 0. The van der Waals surface area contributed by atoms with Crippen molar-refractivity contribution in [3.8, 4) is 5.75 Å². The van der Waals surface area contributed by atoms with Crippen molar-refractivity contribution in [1.29, 1.82) is 0 Å². The maximum absolute atomic E-state index is 11.3. The van der Waals surface area contributed by atoms with Gasteiger partial charge < -0.3 is 19.7 Å². The van der Waals surface area contributed by atoms with Crippen molar-refractivity contribution >= 4 is 29.0 Å². The van der Waals surface area contributed by atoms with Gasteiger partial charge in [0.15, 0.2) is 6.29 Å². The van der Waals surface area contributed by atoms with Crippen molar-refractivity contribution in [3.63, 3.8) is 0 Å². The Bertz CT molecular complexity index is 1070. The van der Waals surface area contributed by atoms with Crippen LogP contribution >= 0.6 is 0 Å². The van der Waals surface area contributed by atoms with Crippen molar-refractivity contribution in [1.82, 2.24) is 19.9 Å². The number of aromatic nitrogens is 4. The number of hydrogen-bond donors (Lipinski definition) is 1. The number of morpholine rings is 1. The van der Waals surface area contributed by atoms with Crippen LogP contribution in [0.5, 0.6) is 5.75 Å². The van der Waals surface area contributed by atoms with Gasteiger partial charge >= 0.3 is 0 Å². The molecule has 1 aromatic carbocycles. The summed E-state index contributed by atoms with van der Waals surface area (Å²) in [6.07, 6.45) is 9.54. The summed E-state index contributed by atoms with van der Waals surface area (Å²) in [5.41, 5.74) is 2.70. The second kappa shape index (κ2) is 9.44. The molecule has 32 heavy (non-hydrogen) atoms. The second-order valence-electron chi connectivity index (χ2n) is 8.13. The molecule has 3 heterocycles. The number of carbonyl (C=O) groups excluding carboxylic acids is 1. The first-order chi connectivity index (χ1) is 15.8. The number of aldehydes is 1. The maximum atomic E-state index is 11.3. The van der Waals surface area contributed by atoms with Gasteiger partial charge in [-0.15, -0.1) is 0 Å². The van der Waals surface area contributed by atoms with E-state index in [4.69, 9.17) is 9.47 Å². The van der Waals surface area contributed by atoms with Gasteiger partial charge in [0.2, 0.25) is 5.95 Å². The topological polar surface area (TPSA) is 102 Å². The fourth-order valence-electron chi connectivity index (χ4n) is 4.29. The molecule has 0 bridgehead atoms. The second-order valence-corrected chi connectivity index (χ2v) is 8.13. The molecule has 2 fully saturated rings. The highest BCUT2D eigenvalue weighted by molar-refractivity contribution is 5.87. The summed E-state index contributed by atoms with van der Waals surface area (Å²) in [4.78, 5) is 31.0. The average Bonchev–Trinajstić information content (AvgIpc) is 2.86. The first-order valence-corrected chi connectivity index (χ1v) is 11.1. The lowest BCUT2D eigenvalue weighted by molar-refractivity contribution is 0.111. The molecule has 1 saturated carbocycles. The number of nitrogens with zero attached hydrogens (tertiary/aromatic N) is 5. The predicted octanol–water partition coefficient (Wildman–Crippen LogP) is 2.87. The number of hydrogen-bond acceptors (Lipinski definition) is 9. The van der Waals surface area contributed by atoms with Crippen LogP contribution in [0.25, 0.3) is 11.0 Å². The average molecular weight is 435 g/mol. The molecule has 2 aliphatic rings. The first kappa shape index (κ1) is 20.6. The molecule has 2 aromatic heterocycles. The van der Waals surface area contributed by atoms with E-state index in [2.05, 4.69) is 30.2 Å². The SMILES string of the molecule is O=Cc1cnc2cc(N3CCOCC3)cc(O[C@H]3CC[C@@H](Nc4ncccn4)CC3)c2n1. The molecule has 3 aromatic rings. The number of ether oxygens (including phenoxy) is 2. The molecule has 1 saturated heterocycles. The minimum atomic E-state index is 0.0783. The molecule has 166 valence electrons. The van der Waals surface area contributed by atoms with Crippen LogP contribution in [0.15, 0.2) is 36.8 Å². The number of nitrogens with one attached hydrogen (secondary N) is 1. The Labute approximate surface area is 186 Å². The smallest absolute Gasteiger partial charge is 0.222 e. The number of carbonyl (C=O) groups is 1. The van der Waals surface area contributed by atoms with Gasteiger partial charge in [0.1, 0.15) is 17.0 Å². The van der Waals surface area contributed by atoms with Crippen LogP contribution in [0.2, 0.25) is 0 Å². The van der Waals surface area contributed by atoms with Gasteiger partial charge in [0.05, 0.1) is 31.0 Å². The van der Waals surface area contributed by atoms with E-state index in [0.717, 1.165) is 50.0 Å². The van der Waals surface area contributed by atoms with Crippen LogP contribution in [0.3, 0.4) is 0 Å². The highest BCUT2D eigenvalue weighted by atomic mass is 16.5. The van der Waals surface area contributed by atoms with E-state index in [-0.39, 0.29) is 6.10 Å². The Balaban J connectivity index is 1.33. The highest BCUT2D eigenvalue weighted by Gasteiger charge is 2.24. The molecule has 9 nitrogen and oxygen atoms in total. The van der Waals surface area contributed by atoms with Crippen molar-refractivity contribution in [3.05, 3.63) is 42.5 Å². The highest BCUT2D eigenvalue weighted by Crippen LogP contribution is 2.33. The lowest BCUT2D eigenvalue weighted by Gasteiger charge is -2.31. The summed E-state index contributed by atoms with van der Waals surface area (Å²) in [7, 11) is 0. The summed E-state index contributed by atoms with van der Waals surface area (Å²) in [6.45, 7) is 3.05. The van der Waals surface area contributed by atoms with E-state index in [0.29, 0.717) is 48.5 Å². The summed E-state index contributed by atoms with van der Waals surface area (Å²) < 4.78 is 12.0. The zero-order valence-electron chi connectivity index (χ0n) is 17.8. The third-order valence-corrected chi connectivity index (χ3v) is 5.98. The van der Waals surface area contributed by atoms with Crippen molar-refractivity contribution in [2.24, 2.45) is 0 Å². The van der Waals surface area contributed by atoms with Crippen LogP contribution in [-0.2, 0) is 4.74 Å². The largest absolute Gasteiger partial charge is 0.488 e. The molecule has 0 spiro atoms. The van der Waals surface area contributed by atoms with E-state index < -0.39 is 0 Å². The Morgan fingerprint density at radius 2 is 1.84 bits per heavy atom. The Morgan fingerprint density at radius 1 is 1.06 bits per heavy atom. The minimum absolute atomic E-state index is 0.0783. The lowest BCUT2D eigenvalue weighted by Crippen LogP contribution is -2.36. The summed E-state index contributed by atoms with van der Waals surface area (Å²) in [6, 6.07) is 6.18. The zero-order valence-corrected chi connectivity index (χ0v) is 17.8. The van der Waals surface area contributed by atoms with E-state index in [9.17, 15) is 4.79 Å². The standard InChI is InChI=1S/C23H26N6O3/c30-15-17-14-26-20-12-18(29-8-10-31-11-9-29)13-21(22(20)27-17)32-19-4-2-16(3-5-19)28-23-24-6-1-7-25-23/h1,6-7,12-16,19H,2-5,8-11H2,(H,24,25,28)/t16-,19+. The van der Waals surface area contributed by atoms with Gasteiger partial charge in [-0.2, -0.15) is 0 Å². The van der Waals surface area contributed by atoms with E-state index in [1.54, 1.807) is 12.4 Å². The van der Waals surface area contributed by atoms with E-state index in [1.807, 2.05) is 18.2 Å². The van der Waals surface area contributed by atoms with Crippen LogP contribution < -0.4 is 15.0 Å². The predicted molar refractivity (Wildman–Crippen MR) is 120 cm³/mol. The quantitative estimate of drug-likeness (QED) is 0.587. The molecule has 9 heteroatoms. The number of benzene rings is 1. The number of rotatable bonds is 6. The molecule has 0 amide bonds. The van der Waals surface area contributed by atoms with Gasteiger partial charge in [-0.1, -0.05) is 0 Å². The maximum Gasteiger partial charge on any atom is 0.222 e. The Hall–Kier alpha value is -3.33. The zero-order chi connectivity index (χ0) is 21.8. The van der Waals surface area contributed by atoms with Gasteiger partial charge in [0, 0.05) is 43.3 Å². The summed E-state index contributed by atoms with van der Waals surface area (Å²) in [5.74, 6) is 1.35. The molecule has 1 N–H and O–H groups in total. The van der Waals surface area contributed by atoms with Gasteiger partial charge in [-0.05, 0) is 37.8 Å². The Morgan fingerprint density at radius 3 is 2.59 bits per heavy atom. The molecule has 0 unspecified atom stereocenters. The number of fused-ring (bicyclic) bond motifs is 1. The third kappa shape index (κ3) is 4.62. The fraction of sp³-hybridized carbons (Fsp3) is 0.435. The molecule has 0 radical (unpaired) electrons. The molecular formula is C23H26N6O3. The molecule has 1 aliphatic heterocycles. The first-order valence-electron chi connectivity index (χ1n) is 11.1. The van der Waals surface area contributed by atoms with E-state index in [1.165, 1.54) is 6.20 Å². The summed E-state index contributed by atoms with van der Waals surface area (Å²) in [5, 5.41) is 3.40. The van der Waals surface area contributed by atoms with Gasteiger partial charge in [-0.3, -0.25) is 9.78 Å². The van der Waals surface area contributed by atoms with Crippen molar-refractivity contribution in [2.75, 3.05) is 36.5 Å². The lowest BCUT2D eigenvalue weighted by atomic mass is 9.93. The van der Waals surface area contributed by atoms with E-state index >= 15 is 0 Å².